The van der Waals surface area contributed by atoms with Crippen LogP contribution in [0.5, 0.6) is 0 Å². The molecule has 0 unspecified atom stereocenters. The number of rotatable bonds is 2. The van der Waals surface area contributed by atoms with Gasteiger partial charge in [0.2, 0.25) is 0 Å². The molecule has 0 aromatic heterocycles. The molecule has 0 spiro atoms. The van der Waals surface area contributed by atoms with Crippen LogP contribution < -0.4 is 0 Å². The Bertz CT molecular complexity index is 667. The summed E-state index contributed by atoms with van der Waals surface area (Å²) in [5.41, 5.74) is 0.889. The van der Waals surface area contributed by atoms with Crippen molar-refractivity contribution in [3.8, 4) is 0 Å². The number of allylic oxidation sites excluding steroid dienone is 2. The van der Waals surface area contributed by atoms with E-state index < -0.39 is 0 Å². The standard InChI is InChI=1S/C16H13IN2O2/c17-12-3-1-2-9(6-12)8-18-19-15(20)13-10-4-5-11(7-10)14(13)16(19)21/h1-6,8,10-11,13-14H,7H2/b18-8-/t10-,11-,13-,14+/m0/s1. The molecule has 0 radical (unpaired) electrons. The van der Waals surface area contributed by atoms with Crippen LogP contribution >= 0.6 is 22.6 Å². The van der Waals surface area contributed by atoms with E-state index in [1.165, 1.54) is 0 Å². The number of hydrogen-bond acceptors (Lipinski definition) is 3. The minimum absolute atomic E-state index is 0.135. The fourth-order valence-corrected chi connectivity index (χ4v) is 4.28. The number of nitrogens with zero attached hydrogens (tertiary/aromatic N) is 2. The van der Waals surface area contributed by atoms with Crippen molar-refractivity contribution in [2.45, 2.75) is 6.42 Å². The van der Waals surface area contributed by atoms with Gasteiger partial charge in [0.15, 0.2) is 0 Å². The number of fused-ring (bicyclic) bond motifs is 5. The summed E-state index contributed by atoms with van der Waals surface area (Å²) in [7, 11) is 0. The highest BCUT2D eigenvalue weighted by molar-refractivity contribution is 14.1. The van der Waals surface area contributed by atoms with Crippen LogP contribution in [0.1, 0.15) is 12.0 Å². The fraction of sp³-hybridized carbons (Fsp3) is 0.312. The molecule has 2 fully saturated rings. The monoisotopic (exact) mass is 392 g/mol. The first-order valence-electron chi connectivity index (χ1n) is 7.01. The number of amides is 2. The molecule has 2 amide bonds. The van der Waals surface area contributed by atoms with Crippen molar-refractivity contribution in [3.05, 3.63) is 45.6 Å². The maximum Gasteiger partial charge on any atom is 0.254 e. The van der Waals surface area contributed by atoms with Crippen LogP contribution in [0.15, 0.2) is 41.5 Å². The average Bonchev–Trinajstić information content (AvgIpc) is 3.12. The molecule has 1 aromatic rings. The summed E-state index contributed by atoms with van der Waals surface area (Å²) >= 11 is 2.22. The maximum atomic E-state index is 12.4. The summed E-state index contributed by atoms with van der Waals surface area (Å²) in [4.78, 5) is 24.9. The van der Waals surface area contributed by atoms with Gasteiger partial charge in [-0.15, -0.1) is 0 Å². The van der Waals surface area contributed by atoms with E-state index in [1.54, 1.807) is 6.21 Å². The molecule has 4 nitrogen and oxygen atoms in total. The van der Waals surface area contributed by atoms with Gasteiger partial charge in [0.25, 0.3) is 11.8 Å². The second-order valence-corrected chi connectivity index (χ2v) is 7.03. The van der Waals surface area contributed by atoms with E-state index in [1.807, 2.05) is 24.3 Å². The van der Waals surface area contributed by atoms with Crippen molar-refractivity contribution >= 4 is 40.6 Å². The van der Waals surface area contributed by atoms with Gasteiger partial charge < -0.3 is 0 Å². The number of hydrogen-bond donors (Lipinski definition) is 0. The van der Waals surface area contributed by atoms with E-state index in [0.29, 0.717) is 0 Å². The zero-order valence-electron chi connectivity index (χ0n) is 11.1. The number of hydrazone groups is 1. The Kier molecular flexibility index (Phi) is 2.99. The largest absolute Gasteiger partial charge is 0.272 e. The second-order valence-electron chi connectivity index (χ2n) is 5.79. The highest BCUT2D eigenvalue weighted by atomic mass is 127. The van der Waals surface area contributed by atoms with Crippen molar-refractivity contribution in [1.82, 2.24) is 5.01 Å². The van der Waals surface area contributed by atoms with Gasteiger partial charge in [-0.2, -0.15) is 10.1 Å². The fourth-order valence-electron chi connectivity index (χ4n) is 3.71. The van der Waals surface area contributed by atoms with Crippen LogP contribution in [0.3, 0.4) is 0 Å². The lowest BCUT2D eigenvalue weighted by atomic mass is 9.85. The van der Waals surface area contributed by atoms with Crippen LogP contribution in [0.25, 0.3) is 0 Å². The molecule has 106 valence electrons. The molecule has 1 aromatic carbocycles. The number of carbonyl (C=O) groups is 2. The first-order chi connectivity index (χ1) is 10.1. The molecule has 1 aliphatic heterocycles. The van der Waals surface area contributed by atoms with Gasteiger partial charge in [-0.05, 0) is 58.5 Å². The maximum absolute atomic E-state index is 12.4. The minimum Gasteiger partial charge on any atom is -0.272 e. The summed E-state index contributed by atoms with van der Waals surface area (Å²) in [6.07, 6.45) is 6.71. The van der Waals surface area contributed by atoms with Crippen LogP contribution in [0.2, 0.25) is 0 Å². The second kappa shape index (κ2) is 4.76. The molecule has 4 atom stereocenters. The highest BCUT2D eigenvalue weighted by Crippen LogP contribution is 2.52. The third-order valence-electron chi connectivity index (χ3n) is 4.62. The van der Waals surface area contributed by atoms with Crippen molar-refractivity contribution in [2.24, 2.45) is 28.8 Å². The number of halogens is 1. The molecule has 3 aliphatic rings. The molecule has 4 rings (SSSR count). The van der Waals surface area contributed by atoms with Crippen molar-refractivity contribution in [3.63, 3.8) is 0 Å². The van der Waals surface area contributed by atoms with Gasteiger partial charge in [0.05, 0.1) is 18.1 Å². The van der Waals surface area contributed by atoms with E-state index in [0.717, 1.165) is 20.6 Å². The van der Waals surface area contributed by atoms with Crippen LogP contribution in [-0.2, 0) is 9.59 Å². The number of carbonyl (C=O) groups excluding carboxylic acids is 2. The summed E-state index contributed by atoms with van der Waals surface area (Å²) in [6, 6.07) is 7.78. The van der Waals surface area contributed by atoms with Gasteiger partial charge >= 0.3 is 0 Å². The third kappa shape index (κ3) is 1.97. The SMILES string of the molecule is O=C1[C@@H]2[C@H](C(=O)N1/N=C\c1cccc(I)c1)[C@H]1C=C[C@H]2C1. The van der Waals surface area contributed by atoms with Crippen molar-refractivity contribution < 1.29 is 9.59 Å². The van der Waals surface area contributed by atoms with E-state index >= 15 is 0 Å². The smallest absolute Gasteiger partial charge is 0.254 e. The Morgan fingerprint density at radius 1 is 1.14 bits per heavy atom. The lowest BCUT2D eigenvalue weighted by Crippen LogP contribution is -2.28. The summed E-state index contributed by atoms with van der Waals surface area (Å²) in [6.45, 7) is 0. The Labute approximate surface area is 136 Å². The van der Waals surface area contributed by atoms with Crippen molar-refractivity contribution in [2.75, 3.05) is 0 Å². The van der Waals surface area contributed by atoms with E-state index in [4.69, 9.17) is 0 Å². The van der Waals surface area contributed by atoms with Crippen molar-refractivity contribution in [1.29, 1.82) is 0 Å². The first kappa shape index (κ1) is 13.2. The average molecular weight is 392 g/mol. The summed E-state index contributed by atoms with van der Waals surface area (Å²) in [5.74, 6) is -0.169. The van der Waals surface area contributed by atoms with Gasteiger partial charge in [-0.3, -0.25) is 9.59 Å². The molecule has 1 heterocycles. The molecule has 1 saturated carbocycles. The molecule has 21 heavy (non-hydrogen) atoms. The topological polar surface area (TPSA) is 49.7 Å². The van der Waals surface area contributed by atoms with Crippen LogP contribution in [-0.4, -0.2) is 23.0 Å². The number of imide groups is 1. The van der Waals surface area contributed by atoms with Gasteiger partial charge in [-0.1, -0.05) is 24.3 Å². The first-order valence-corrected chi connectivity index (χ1v) is 8.09. The molecule has 2 aliphatic carbocycles. The van der Waals surface area contributed by atoms with E-state index in [2.05, 4.69) is 39.8 Å². The summed E-state index contributed by atoms with van der Waals surface area (Å²) in [5, 5.41) is 5.24. The zero-order valence-corrected chi connectivity index (χ0v) is 13.3. The molecule has 5 heteroatoms. The molecule has 2 bridgehead atoms. The molecular formula is C16H13IN2O2. The highest BCUT2D eigenvalue weighted by Gasteiger charge is 2.59. The summed E-state index contributed by atoms with van der Waals surface area (Å²) < 4.78 is 1.09. The Balaban J connectivity index is 1.60. The van der Waals surface area contributed by atoms with Gasteiger partial charge in [0.1, 0.15) is 0 Å². The van der Waals surface area contributed by atoms with Crippen LogP contribution in [0, 0.1) is 27.2 Å². The third-order valence-corrected chi connectivity index (χ3v) is 5.29. The predicted octanol–water partition coefficient (Wildman–Crippen LogP) is 2.43. The molecular weight excluding hydrogens is 379 g/mol. The van der Waals surface area contributed by atoms with E-state index in [9.17, 15) is 9.59 Å². The lowest BCUT2D eigenvalue weighted by molar-refractivity contribution is -0.140. The Morgan fingerprint density at radius 3 is 2.43 bits per heavy atom. The Morgan fingerprint density at radius 2 is 1.81 bits per heavy atom. The Hall–Kier alpha value is -1.50. The lowest BCUT2D eigenvalue weighted by Gasteiger charge is -2.13. The van der Waals surface area contributed by atoms with Crippen LogP contribution in [0.4, 0.5) is 0 Å². The minimum atomic E-state index is -0.180. The number of benzene rings is 1. The van der Waals surface area contributed by atoms with Gasteiger partial charge in [-0.25, -0.2) is 0 Å². The quantitative estimate of drug-likeness (QED) is 0.336. The predicted molar refractivity (Wildman–Crippen MR) is 86.3 cm³/mol. The molecule has 1 saturated heterocycles. The van der Waals surface area contributed by atoms with Gasteiger partial charge in [0, 0.05) is 3.57 Å². The normalized spacial score (nSPS) is 33.5. The zero-order chi connectivity index (χ0) is 14.6. The van der Waals surface area contributed by atoms with E-state index in [-0.39, 0.29) is 35.5 Å². The molecule has 0 N–H and O–H groups in total.